The van der Waals surface area contributed by atoms with Crippen LogP contribution < -0.4 is 0 Å². The zero-order valence-electron chi connectivity index (χ0n) is 14.4. The van der Waals surface area contributed by atoms with Crippen LogP contribution >= 0.6 is 0 Å². The molecule has 2 aliphatic rings. The third-order valence-corrected chi connectivity index (χ3v) is 4.86. The molecule has 0 fully saturated rings. The Morgan fingerprint density at radius 3 is 2.65 bits per heavy atom. The average molecular weight is 365 g/mol. The van der Waals surface area contributed by atoms with Gasteiger partial charge in [-0.2, -0.15) is 13.2 Å². The van der Waals surface area contributed by atoms with Gasteiger partial charge in [-0.3, -0.25) is 14.6 Å². The van der Waals surface area contributed by atoms with E-state index in [1.54, 1.807) is 6.92 Å². The van der Waals surface area contributed by atoms with Crippen LogP contribution in [0.1, 0.15) is 43.2 Å². The first-order valence-corrected chi connectivity index (χ1v) is 8.30. The number of alkyl halides is 3. The van der Waals surface area contributed by atoms with Gasteiger partial charge in [0.25, 0.3) is 0 Å². The molecule has 3 rings (SSSR count). The Hall–Kier alpha value is -2.44. The highest BCUT2D eigenvalue weighted by molar-refractivity contribution is 6.08. The molecule has 2 atom stereocenters. The Bertz CT molecular complexity index is 824. The number of aliphatic imine (C=N–C) groups is 1. The molecule has 1 unspecified atom stereocenters. The number of benzene rings is 1. The molecule has 138 valence electrons. The molecular weight excluding hydrogens is 347 g/mol. The van der Waals surface area contributed by atoms with Crippen molar-refractivity contribution >= 4 is 17.5 Å². The van der Waals surface area contributed by atoms with Crippen LogP contribution in [-0.2, 0) is 20.5 Å². The van der Waals surface area contributed by atoms with Crippen molar-refractivity contribution in [3.8, 4) is 0 Å². The van der Waals surface area contributed by atoms with Crippen molar-refractivity contribution in [3.05, 3.63) is 46.7 Å². The standard InChI is InChI=1S/C19H18F3NO3/c1-10-15(18(25)26-2)16(17-13(23-10)7-4-8-14(17)24)11-5-3-6-12(9-11)19(20,21)22/h3,5-6,9,15-16H,4,7-8H2,1-2H3/t15?,16-/m0/s1. The minimum atomic E-state index is -4.51. The lowest BCUT2D eigenvalue weighted by Crippen LogP contribution is -2.37. The van der Waals surface area contributed by atoms with Gasteiger partial charge in [0.1, 0.15) is 5.92 Å². The van der Waals surface area contributed by atoms with Crippen molar-refractivity contribution in [2.24, 2.45) is 10.9 Å². The third kappa shape index (κ3) is 3.18. The molecule has 0 aromatic heterocycles. The highest BCUT2D eigenvalue weighted by Gasteiger charge is 2.43. The first-order chi connectivity index (χ1) is 12.2. The number of esters is 1. The topological polar surface area (TPSA) is 55.7 Å². The fourth-order valence-corrected chi connectivity index (χ4v) is 3.71. The van der Waals surface area contributed by atoms with E-state index in [4.69, 9.17) is 4.74 Å². The van der Waals surface area contributed by atoms with Gasteiger partial charge < -0.3 is 4.74 Å². The Kier molecular flexibility index (Phi) is 4.73. The number of ether oxygens (including phenoxy) is 1. The van der Waals surface area contributed by atoms with Gasteiger partial charge >= 0.3 is 12.1 Å². The second kappa shape index (κ2) is 6.70. The summed E-state index contributed by atoms with van der Waals surface area (Å²) in [6, 6.07) is 4.78. The number of halogens is 3. The summed E-state index contributed by atoms with van der Waals surface area (Å²) in [5.74, 6) is -2.51. The van der Waals surface area contributed by atoms with Crippen LogP contribution in [0.2, 0.25) is 0 Å². The number of methoxy groups -OCH3 is 1. The maximum absolute atomic E-state index is 13.1. The van der Waals surface area contributed by atoms with Gasteiger partial charge in [0, 0.05) is 29.3 Å². The zero-order chi connectivity index (χ0) is 19.1. The first kappa shape index (κ1) is 18.4. The number of hydrogen-bond donors (Lipinski definition) is 0. The molecular formula is C19H18F3NO3. The van der Waals surface area contributed by atoms with Gasteiger partial charge in [-0.1, -0.05) is 18.2 Å². The Labute approximate surface area is 148 Å². The van der Waals surface area contributed by atoms with E-state index in [2.05, 4.69) is 4.99 Å². The second-order valence-corrected chi connectivity index (χ2v) is 6.49. The number of Topliss-reactive ketones (excluding diaryl/α,β-unsaturated/α-hetero) is 1. The average Bonchev–Trinajstić information content (AvgIpc) is 2.59. The van der Waals surface area contributed by atoms with Crippen molar-refractivity contribution in [2.45, 2.75) is 38.3 Å². The van der Waals surface area contributed by atoms with E-state index < -0.39 is 29.5 Å². The smallest absolute Gasteiger partial charge is 0.416 e. The number of hydrogen-bond acceptors (Lipinski definition) is 4. The lowest BCUT2D eigenvalue weighted by Gasteiger charge is -2.34. The predicted octanol–water partition coefficient (Wildman–Crippen LogP) is 4.06. The van der Waals surface area contributed by atoms with Crippen LogP contribution in [-0.4, -0.2) is 24.6 Å². The molecule has 26 heavy (non-hydrogen) atoms. The van der Waals surface area contributed by atoms with Gasteiger partial charge in [-0.25, -0.2) is 0 Å². The fourth-order valence-electron chi connectivity index (χ4n) is 3.71. The summed E-state index contributed by atoms with van der Waals surface area (Å²) in [4.78, 5) is 29.3. The number of rotatable bonds is 2. The van der Waals surface area contributed by atoms with Gasteiger partial charge in [-0.15, -0.1) is 0 Å². The number of allylic oxidation sites excluding steroid dienone is 2. The van der Waals surface area contributed by atoms with Crippen LogP contribution in [0, 0.1) is 5.92 Å². The highest BCUT2D eigenvalue weighted by atomic mass is 19.4. The maximum Gasteiger partial charge on any atom is 0.416 e. The molecule has 1 aromatic rings. The summed E-state index contributed by atoms with van der Waals surface area (Å²) in [7, 11) is 1.21. The van der Waals surface area contributed by atoms with E-state index in [1.807, 2.05) is 0 Å². The summed E-state index contributed by atoms with van der Waals surface area (Å²) in [5, 5.41) is 0. The predicted molar refractivity (Wildman–Crippen MR) is 88.7 cm³/mol. The van der Waals surface area contributed by atoms with Crippen molar-refractivity contribution in [1.29, 1.82) is 0 Å². The van der Waals surface area contributed by atoms with Gasteiger partial charge in [-0.05, 0) is 31.4 Å². The van der Waals surface area contributed by atoms with Crippen molar-refractivity contribution in [1.82, 2.24) is 0 Å². The minimum Gasteiger partial charge on any atom is -0.468 e. The molecule has 0 spiro atoms. The van der Waals surface area contributed by atoms with Crippen LogP contribution in [0.25, 0.3) is 0 Å². The van der Waals surface area contributed by atoms with Crippen molar-refractivity contribution in [2.75, 3.05) is 7.11 Å². The Morgan fingerprint density at radius 2 is 2.00 bits per heavy atom. The molecule has 0 N–H and O–H groups in total. The molecule has 1 aliphatic heterocycles. The maximum atomic E-state index is 13.1. The lowest BCUT2D eigenvalue weighted by molar-refractivity contribution is -0.143. The Balaban J connectivity index is 2.19. The minimum absolute atomic E-state index is 0.168. The number of nitrogens with zero attached hydrogens (tertiary/aromatic N) is 1. The molecule has 0 radical (unpaired) electrons. The first-order valence-electron chi connectivity index (χ1n) is 8.30. The molecule has 1 heterocycles. The molecule has 0 amide bonds. The van der Waals surface area contributed by atoms with E-state index in [0.29, 0.717) is 36.2 Å². The lowest BCUT2D eigenvalue weighted by atomic mass is 9.71. The molecule has 7 heteroatoms. The molecule has 4 nitrogen and oxygen atoms in total. The summed E-state index contributed by atoms with van der Waals surface area (Å²) in [5.41, 5.74) is 0.821. The quantitative estimate of drug-likeness (QED) is 0.743. The van der Waals surface area contributed by atoms with Gasteiger partial charge in [0.05, 0.1) is 12.7 Å². The molecule has 0 saturated heterocycles. The number of carbonyl (C=O) groups excluding carboxylic acids is 2. The largest absolute Gasteiger partial charge is 0.468 e. The van der Waals surface area contributed by atoms with E-state index in [9.17, 15) is 22.8 Å². The molecule has 0 saturated carbocycles. The van der Waals surface area contributed by atoms with Crippen LogP contribution in [0.5, 0.6) is 0 Å². The van der Waals surface area contributed by atoms with Crippen LogP contribution in [0.3, 0.4) is 0 Å². The molecule has 1 aromatic carbocycles. The fraction of sp³-hybridized carbons (Fsp3) is 0.421. The van der Waals surface area contributed by atoms with E-state index >= 15 is 0 Å². The number of carbonyl (C=O) groups is 2. The number of ketones is 1. The van der Waals surface area contributed by atoms with Gasteiger partial charge in [0.15, 0.2) is 5.78 Å². The third-order valence-electron chi connectivity index (χ3n) is 4.86. The van der Waals surface area contributed by atoms with Crippen molar-refractivity contribution < 1.29 is 27.5 Å². The van der Waals surface area contributed by atoms with Crippen LogP contribution in [0.15, 0.2) is 40.5 Å². The summed E-state index contributed by atoms with van der Waals surface area (Å²) < 4.78 is 44.3. The van der Waals surface area contributed by atoms with Crippen molar-refractivity contribution in [3.63, 3.8) is 0 Å². The Morgan fingerprint density at radius 1 is 1.27 bits per heavy atom. The SMILES string of the molecule is COC(=O)C1C(C)=NC2=C(C(=O)CCC2)[C@H]1c1cccc(C(F)(F)F)c1. The highest BCUT2D eigenvalue weighted by Crippen LogP contribution is 2.44. The summed E-state index contributed by atoms with van der Waals surface area (Å²) in [6.07, 6.45) is -2.99. The molecule has 0 bridgehead atoms. The van der Waals surface area contributed by atoms with E-state index in [-0.39, 0.29) is 11.3 Å². The monoisotopic (exact) mass is 365 g/mol. The van der Waals surface area contributed by atoms with Crippen LogP contribution in [0.4, 0.5) is 13.2 Å². The zero-order valence-corrected chi connectivity index (χ0v) is 14.4. The van der Waals surface area contributed by atoms with E-state index in [0.717, 1.165) is 12.1 Å². The molecule has 1 aliphatic carbocycles. The summed E-state index contributed by atoms with van der Waals surface area (Å²) >= 11 is 0. The normalized spacial score (nSPS) is 23.4. The van der Waals surface area contributed by atoms with E-state index in [1.165, 1.54) is 19.2 Å². The second-order valence-electron chi connectivity index (χ2n) is 6.49. The summed E-state index contributed by atoms with van der Waals surface area (Å²) in [6.45, 7) is 1.64. The van der Waals surface area contributed by atoms with Gasteiger partial charge in [0.2, 0.25) is 0 Å².